The summed E-state index contributed by atoms with van der Waals surface area (Å²) in [6.45, 7) is 4.87. The zero-order valence-electron chi connectivity index (χ0n) is 7.64. The number of nitrogens with zero attached hydrogens (tertiary/aromatic N) is 1. The lowest BCUT2D eigenvalue weighted by Crippen LogP contribution is -2.34. The monoisotopic (exact) mass is 170 g/mol. The van der Waals surface area contributed by atoms with Crippen LogP contribution in [0, 0.1) is 0 Å². The van der Waals surface area contributed by atoms with E-state index in [-0.39, 0.29) is 0 Å². The van der Waals surface area contributed by atoms with E-state index in [1.165, 1.54) is 0 Å². The Morgan fingerprint density at radius 3 is 3.17 bits per heavy atom. The van der Waals surface area contributed by atoms with Gasteiger partial charge in [-0.3, -0.25) is 4.99 Å². The Kier molecular flexibility index (Phi) is 3.87. The largest absolute Gasteiger partial charge is 0.356 e. The lowest BCUT2D eigenvalue weighted by Gasteiger charge is -2.07. The molecule has 1 heterocycles. The molecule has 0 saturated heterocycles. The van der Waals surface area contributed by atoms with E-state index >= 15 is 0 Å². The zero-order valence-corrected chi connectivity index (χ0v) is 7.64. The minimum Gasteiger partial charge on any atom is -0.356 e. The summed E-state index contributed by atoms with van der Waals surface area (Å²) in [5, 5.41) is 6.37. The number of aliphatic imine (C=N–C) groups is 1. The van der Waals surface area contributed by atoms with Crippen LogP contribution in [0.2, 0.25) is 0 Å². The van der Waals surface area contributed by atoms with Crippen molar-refractivity contribution in [3.63, 3.8) is 0 Å². The molecule has 0 aromatic carbocycles. The SMILES string of the molecule is CC(N)CCCNC1=NCCN1. The normalized spacial score (nSPS) is 18.3. The second-order valence-electron chi connectivity index (χ2n) is 3.20. The summed E-state index contributed by atoms with van der Waals surface area (Å²) in [7, 11) is 0. The molecule has 4 N–H and O–H groups in total. The van der Waals surface area contributed by atoms with Crippen molar-refractivity contribution in [3.8, 4) is 0 Å². The third-order valence-corrected chi connectivity index (χ3v) is 1.80. The van der Waals surface area contributed by atoms with Crippen molar-refractivity contribution < 1.29 is 0 Å². The van der Waals surface area contributed by atoms with Crippen molar-refractivity contribution in [1.82, 2.24) is 10.6 Å². The van der Waals surface area contributed by atoms with E-state index in [2.05, 4.69) is 15.6 Å². The summed E-state index contributed by atoms with van der Waals surface area (Å²) >= 11 is 0. The summed E-state index contributed by atoms with van der Waals surface area (Å²) in [5.41, 5.74) is 5.61. The zero-order chi connectivity index (χ0) is 8.81. The topological polar surface area (TPSA) is 62.4 Å². The highest BCUT2D eigenvalue weighted by atomic mass is 15.2. The first-order chi connectivity index (χ1) is 5.79. The molecule has 12 heavy (non-hydrogen) atoms. The van der Waals surface area contributed by atoms with Crippen molar-refractivity contribution >= 4 is 5.96 Å². The summed E-state index contributed by atoms with van der Waals surface area (Å²) in [6.07, 6.45) is 2.18. The van der Waals surface area contributed by atoms with Gasteiger partial charge in [-0.15, -0.1) is 0 Å². The highest BCUT2D eigenvalue weighted by molar-refractivity contribution is 5.81. The van der Waals surface area contributed by atoms with Crippen LogP contribution >= 0.6 is 0 Å². The fraction of sp³-hybridized carbons (Fsp3) is 0.875. The van der Waals surface area contributed by atoms with Gasteiger partial charge in [0.25, 0.3) is 0 Å². The van der Waals surface area contributed by atoms with Gasteiger partial charge in [-0.25, -0.2) is 0 Å². The molecule has 0 radical (unpaired) electrons. The molecule has 0 aromatic rings. The van der Waals surface area contributed by atoms with E-state index < -0.39 is 0 Å². The van der Waals surface area contributed by atoms with Crippen molar-refractivity contribution in [2.24, 2.45) is 10.7 Å². The maximum absolute atomic E-state index is 5.61. The standard InChI is InChI=1S/C8H18N4/c1-7(9)3-2-4-10-8-11-5-6-12-8/h7H,2-6,9H2,1H3,(H2,10,11,12). The van der Waals surface area contributed by atoms with Gasteiger partial charge < -0.3 is 16.4 Å². The van der Waals surface area contributed by atoms with Gasteiger partial charge in [0.05, 0.1) is 6.54 Å². The van der Waals surface area contributed by atoms with Crippen LogP contribution in [0.5, 0.6) is 0 Å². The highest BCUT2D eigenvalue weighted by Crippen LogP contribution is 1.91. The van der Waals surface area contributed by atoms with Gasteiger partial charge in [0.15, 0.2) is 5.96 Å². The number of guanidine groups is 1. The molecule has 0 aliphatic carbocycles. The molecule has 0 spiro atoms. The Balaban J connectivity index is 1.95. The van der Waals surface area contributed by atoms with Crippen LogP contribution < -0.4 is 16.4 Å². The lowest BCUT2D eigenvalue weighted by molar-refractivity contribution is 0.613. The van der Waals surface area contributed by atoms with E-state index in [4.69, 9.17) is 5.73 Å². The molecule has 1 rings (SSSR count). The van der Waals surface area contributed by atoms with Gasteiger partial charge >= 0.3 is 0 Å². The van der Waals surface area contributed by atoms with Gasteiger partial charge in [-0.1, -0.05) is 0 Å². The summed E-state index contributed by atoms with van der Waals surface area (Å²) in [4.78, 5) is 4.22. The third kappa shape index (κ3) is 3.57. The van der Waals surface area contributed by atoms with Crippen molar-refractivity contribution in [3.05, 3.63) is 0 Å². The molecule has 0 amide bonds. The molecule has 1 unspecified atom stereocenters. The molecule has 0 saturated carbocycles. The van der Waals surface area contributed by atoms with E-state index in [0.29, 0.717) is 6.04 Å². The first-order valence-corrected chi connectivity index (χ1v) is 4.57. The summed E-state index contributed by atoms with van der Waals surface area (Å²) in [6, 6.07) is 0.310. The van der Waals surface area contributed by atoms with E-state index in [0.717, 1.165) is 38.4 Å². The summed E-state index contributed by atoms with van der Waals surface area (Å²) < 4.78 is 0. The van der Waals surface area contributed by atoms with Crippen LogP contribution in [0.1, 0.15) is 19.8 Å². The third-order valence-electron chi connectivity index (χ3n) is 1.80. The quantitative estimate of drug-likeness (QED) is 0.506. The number of rotatable bonds is 4. The number of nitrogens with one attached hydrogen (secondary N) is 2. The van der Waals surface area contributed by atoms with Crippen LogP contribution in [-0.2, 0) is 0 Å². The Morgan fingerprint density at radius 1 is 1.75 bits per heavy atom. The second kappa shape index (κ2) is 4.98. The van der Waals surface area contributed by atoms with Crippen molar-refractivity contribution in [1.29, 1.82) is 0 Å². The van der Waals surface area contributed by atoms with Crippen LogP contribution in [0.25, 0.3) is 0 Å². The van der Waals surface area contributed by atoms with Crippen molar-refractivity contribution in [2.45, 2.75) is 25.8 Å². The molecule has 0 fully saturated rings. The molecule has 0 bridgehead atoms. The number of hydrogen-bond acceptors (Lipinski definition) is 4. The molecular formula is C8H18N4. The van der Waals surface area contributed by atoms with Gasteiger partial charge in [0.1, 0.15) is 0 Å². The van der Waals surface area contributed by atoms with Crippen LogP contribution in [0.3, 0.4) is 0 Å². The Hall–Kier alpha value is -0.770. The molecule has 4 heteroatoms. The number of nitrogens with two attached hydrogens (primary N) is 1. The van der Waals surface area contributed by atoms with Crippen LogP contribution in [-0.4, -0.2) is 31.6 Å². The fourth-order valence-corrected chi connectivity index (χ4v) is 1.15. The Bertz CT molecular complexity index is 153. The average molecular weight is 170 g/mol. The maximum atomic E-state index is 5.61. The average Bonchev–Trinajstić information content (AvgIpc) is 2.49. The van der Waals surface area contributed by atoms with E-state index in [1.54, 1.807) is 0 Å². The molecule has 4 nitrogen and oxygen atoms in total. The molecular weight excluding hydrogens is 152 g/mol. The number of hydrogen-bond donors (Lipinski definition) is 3. The fourth-order valence-electron chi connectivity index (χ4n) is 1.15. The van der Waals surface area contributed by atoms with E-state index in [9.17, 15) is 0 Å². The van der Waals surface area contributed by atoms with Crippen LogP contribution in [0.4, 0.5) is 0 Å². The van der Waals surface area contributed by atoms with Crippen molar-refractivity contribution in [2.75, 3.05) is 19.6 Å². The minimum atomic E-state index is 0.310. The Morgan fingerprint density at radius 2 is 2.58 bits per heavy atom. The predicted octanol–water partition coefficient (Wildman–Crippen LogP) is -0.337. The van der Waals surface area contributed by atoms with Gasteiger partial charge in [0, 0.05) is 19.1 Å². The molecule has 1 aliphatic heterocycles. The first kappa shape index (κ1) is 9.32. The molecule has 0 aromatic heterocycles. The van der Waals surface area contributed by atoms with Crippen LogP contribution in [0.15, 0.2) is 4.99 Å². The second-order valence-corrected chi connectivity index (χ2v) is 3.20. The lowest BCUT2D eigenvalue weighted by atomic mass is 10.2. The summed E-state index contributed by atoms with van der Waals surface area (Å²) in [5.74, 6) is 0.944. The first-order valence-electron chi connectivity index (χ1n) is 4.57. The van der Waals surface area contributed by atoms with Gasteiger partial charge in [-0.2, -0.15) is 0 Å². The minimum absolute atomic E-state index is 0.310. The highest BCUT2D eigenvalue weighted by Gasteiger charge is 2.02. The smallest absolute Gasteiger partial charge is 0.191 e. The Labute approximate surface area is 73.6 Å². The molecule has 70 valence electrons. The van der Waals surface area contributed by atoms with E-state index in [1.807, 2.05) is 6.92 Å². The van der Waals surface area contributed by atoms with Gasteiger partial charge in [-0.05, 0) is 19.8 Å². The maximum Gasteiger partial charge on any atom is 0.191 e. The molecule has 1 aliphatic rings. The predicted molar refractivity (Wildman–Crippen MR) is 51.2 cm³/mol. The molecule has 1 atom stereocenters. The van der Waals surface area contributed by atoms with Gasteiger partial charge in [0.2, 0.25) is 0 Å².